The molecule has 0 amide bonds. The summed E-state index contributed by atoms with van der Waals surface area (Å²) in [6, 6.07) is 10.2. The summed E-state index contributed by atoms with van der Waals surface area (Å²) in [5.41, 5.74) is 8.35. The largest absolute Gasteiger partial charge is 0.488 e. The van der Waals surface area contributed by atoms with Crippen molar-refractivity contribution in [2.75, 3.05) is 32.9 Å². The highest BCUT2D eigenvalue weighted by Crippen LogP contribution is 2.35. The number of aromatic carboxylic acids is 1. The lowest BCUT2D eigenvalue weighted by molar-refractivity contribution is 0.0506. The molecular weight excluding hydrogens is 556 g/mol. The van der Waals surface area contributed by atoms with E-state index in [0.29, 0.717) is 19.0 Å². The highest BCUT2D eigenvalue weighted by atomic mass is 16.5. The van der Waals surface area contributed by atoms with Crippen LogP contribution in [0.25, 0.3) is 11.4 Å². The quantitative estimate of drug-likeness (QED) is 0.298. The predicted octanol–water partition coefficient (Wildman–Crippen LogP) is 6.13. The lowest BCUT2D eigenvalue weighted by Gasteiger charge is -2.34. The second kappa shape index (κ2) is 13.4. The molecule has 44 heavy (non-hydrogen) atoms. The van der Waals surface area contributed by atoms with E-state index in [2.05, 4.69) is 42.1 Å². The Balaban J connectivity index is 1.18. The van der Waals surface area contributed by atoms with E-state index in [-0.39, 0.29) is 11.4 Å². The molecular formula is C35H42N4O5. The molecule has 0 spiro atoms. The van der Waals surface area contributed by atoms with E-state index >= 15 is 0 Å². The van der Waals surface area contributed by atoms with Gasteiger partial charge in [-0.1, -0.05) is 24.3 Å². The van der Waals surface area contributed by atoms with Gasteiger partial charge in [0.25, 0.3) is 0 Å². The summed E-state index contributed by atoms with van der Waals surface area (Å²) in [6.45, 7) is 12.1. The highest BCUT2D eigenvalue weighted by molar-refractivity contribution is 5.90. The molecule has 2 aliphatic heterocycles. The van der Waals surface area contributed by atoms with E-state index in [4.69, 9.17) is 19.2 Å². The van der Waals surface area contributed by atoms with Crippen LogP contribution in [-0.2, 0) is 29.0 Å². The molecule has 1 fully saturated rings. The molecule has 1 aliphatic carbocycles. The Bertz CT molecular complexity index is 1580. The van der Waals surface area contributed by atoms with E-state index in [1.807, 2.05) is 19.1 Å². The second-order valence-corrected chi connectivity index (χ2v) is 12.0. The number of pyridine rings is 1. The van der Waals surface area contributed by atoms with Crippen LogP contribution < -0.4 is 4.74 Å². The predicted molar refractivity (Wildman–Crippen MR) is 168 cm³/mol. The molecule has 9 heteroatoms. The Labute approximate surface area is 259 Å². The molecule has 0 saturated carbocycles. The number of allylic oxidation sites excluding steroid dienone is 3. The third-order valence-corrected chi connectivity index (χ3v) is 9.07. The number of rotatable bonds is 10. The standard InChI is InChI=1S/C35H42N4O5/c1-4-43-34-30(35(40)41)19-36-39(34)32-10-6-9-31(37-32)29-8-5-7-23(2)33(29)44-22-27-12-11-26-21-38(16-13-28(26)24(27)3)20-25-14-17-42-18-15-25/h6,8-12,19,25H,4-5,7,13-18,20-22H2,1-3H3,(H,40,41). The maximum atomic E-state index is 11.7. The van der Waals surface area contributed by atoms with Crippen LogP contribution in [0, 0.1) is 12.8 Å². The minimum Gasteiger partial charge on any atom is -0.488 e. The van der Waals surface area contributed by atoms with Crippen LogP contribution in [0.3, 0.4) is 0 Å². The molecule has 0 atom stereocenters. The first kappa shape index (κ1) is 30.1. The zero-order valence-electron chi connectivity index (χ0n) is 26.0. The SMILES string of the molecule is CCOc1c(C(=O)O)cnn1-c1cccc(C2=CCCC(C)=C2OCc2ccc3c(c2C)CCN(CC2CCOCC2)C3)n1. The van der Waals surface area contributed by atoms with Gasteiger partial charge in [0.1, 0.15) is 17.9 Å². The number of carbonyl (C=O) groups is 1. The van der Waals surface area contributed by atoms with Gasteiger partial charge in [0, 0.05) is 38.4 Å². The lowest BCUT2D eigenvalue weighted by atomic mass is 9.90. The third-order valence-electron chi connectivity index (χ3n) is 9.07. The van der Waals surface area contributed by atoms with Gasteiger partial charge in [-0.15, -0.1) is 0 Å². The summed E-state index contributed by atoms with van der Waals surface area (Å²) in [7, 11) is 0. The van der Waals surface area contributed by atoms with Crippen molar-refractivity contribution in [3.8, 4) is 11.7 Å². The van der Waals surface area contributed by atoms with E-state index < -0.39 is 5.97 Å². The van der Waals surface area contributed by atoms with E-state index in [0.717, 1.165) is 68.5 Å². The van der Waals surface area contributed by atoms with Crippen molar-refractivity contribution < 1.29 is 24.1 Å². The average Bonchev–Trinajstić information content (AvgIpc) is 3.46. The maximum absolute atomic E-state index is 11.7. The fourth-order valence-corrected chi connectivity index (χ4v) is 6.61. The summed E-state index contributed by atoms with van der Waals surface area (Å²) in [5.74, 6) is 1.16. The molecule has 1 N–H and O–H groups in total. The van der Waals surface area contributed by atoms with Gasteiger partial charge in [0.2, 0.25) is 5.88 Å². The Hall–Kier alpha value is -3.95. The second-order valence-electron chi connectivity index (χ2n) is 12.0. The van der Waals surface area contributed by atoms with Crippen molar-refractivity contribution in [2.45, 2.75) is 66.0 Å². The molecule has 232 valence electrons. The third kappa shape index (κ3) is 6.30. The minimum atomic E-state index is -1.09. The van der Waals surface area contributed by atoms with E-state index in [1.54, 1.807) is 6.07 Å². The maximum Gasteiger partial charge on any atom is 0.342 e. The Morgan fingerprint density at radius 2 is 1.95 bits per heavy atom. The molecule has 3 aliphatic rings. The monoisotopic (exact) mass is 598 g/mol. The minimum absolute atomic E-state index is 0.00292. The number of hydrogen-bond donors (Lipinski definition) is 1. The first-order chi connectivity index (χ1) is 21.4. The van der Waals surface area contributed by atoms with Gasteiger partial charge in [-0.25, -0.2) is 9.78 Å². The van der Waals surface area contributed by atoms with Gasteiger partial charge in [0.05, 0.1) is 18.5 Å². The van der Waals surface area contributed by atoms with Gasteiger partial charge in [0.15, 0.2) is 5.82 Å². The van der Waals surface area contributed by atoms with Gasteiger partial charge in [-0.05, 0) is 98.8 Å². The molecule has 1 saturated heterocycles. The van der Waals surface area contributed by atoms with Crippen molar-refractivity contribution in [1.29, 1.82) is 0 Å². The van der Waals surface area contributed by atoms with Gasteiger partial charge >= 0.3 is 5.97 Å². The lowest BCUT2D eigenvalue weighted by Crippen LogP contribution is -2.36. The number of benzene rings is 1. The molecule has 2 aromatic heterocycles. The molecule has 6 rings (SSSR count). The Morgan fingerprint density at radius 3 is 2.75 bits per heavy atom. The topological polar surface area (TPSA) is 98.9 Å². The number of carboxylic acids is 1. The van der Waals surface area contributed by atoms with Crippen LogP contribution in [0.5, 0.6) is 5.88 Å². The van der Waals surface area contributed by atoms with Gasteiger partial charge in [-0.2, -0.15) is 9.78 Å². The fraction of sp³-hybridized carbons (Fsp3) is 0.457. The number of ether oxygens (including phenoxy) is 3. The van der Waals surface area contributed by atoms with Crippen LogP contribution in [0.4, 0.5) is 0 Å². The van der Waals surface area contributed by atoms with E-state index in [9.17, 15) is 9.90 Å². The first-order valence-electron chi connectivity index (χ1n) is 15.8. The van der Waals surface area contributed by atoms with Crippen LogP contribution in [-0.4, -0.2) is 63.7 Å². The number of aromatic nitrogens is 3. The molecule has 9 nitrogen and oxygen atoms in total. The Kier molecular flexibility index (Phi) is 9.14. The number of nitrogens with zero attached hydrogens (tertiary/aromatic N) is 4. The van der Waals surface area contributed by atoms with Crippen LogP contribution in [0.1, 0.15) is 77.8 Å². The number of fused-ring (bicyclic) bond motifs is 1. The summed E-state index contributed by atoms with van der Waals surface area (Å²) in [4.78, 5) is 19.2. The van der Waals surface area contributed by atoms with Crippen LogP contribution in [0.15, 0.2) is 53.9 Å². The Morgan fingerprint density at radius 1 is 1.11 bits per heavy atom. The summed E-state index contributed by atoms with van der Waals surface area (Å²) in [6.07, 6.45) is 8.72. The van der Waals surface area contributed by atoms with E-state index in [1.165, 1.54) is 58.1 Å². The molecule has 0 bridgehead atoms. The number of carboxylic acid groups (broad SMARTS) is 1. The zero-order valence-corrected chi connectivity index (χ0v) is 26.0. The smallest absolute Gasteiger partial charge is 0.342 e. The van der Waals surface area contributed by atoms with Gasteiger partial charge < -0.3 is 19.3 Å². The van der Waals surface area contributed by atoms with Gasteiger partial charge in [-0.3, -0.25) is 4.90 Å². The van der Waals surface area contributed by atoms with Crippen molar-refractivity contribution in [3.05, 3.63) is 87.4 Å². The number of hydrogen-bond acceptors (Lipinski definition) is 7. The molecule has 0 radical (unpaired) electrons. The molecule has 4 heterocycles. The molecule has 3 aromatic rings. The first-order valence-corrected chi connectivity index (χ1v) is 15.8. The summed E-state index contributed by atoms with van der Waals surface area (Å²) < 4.78 is 19.3. The van der Waals surface area contributed by atoms with Crippen molar-refractivity contribution in [1.82, 2.24) is 19.7 Å². The molecule has 0 unspecified atom stereocenters. The zero-order chi connectivity index (χ0) is 30.6. The summed E-state index contributed by atoms with van der Waals surface area (Å²) in [5, 5.41) is 13.9. The van der Waals surface area contributed by atoms with Crippen LogP contribution >= 0.6 is 0 Å². The van der Waals surface area contributed by atoms with Crippen molar-refractivity contribution >= 4 is 11.5 Å². The van der Waals surface area contributed by atoms with Crippen molar-refractivity contribution in [2.24, 2.45) is 5.92 Å². The van der Waals surface area contributed by atoms with Crippen molar-refractivity contribution in [3.63, 3.8) is 0 Å². The summed E-state index contributed by atoms with van der Waals surface area (Å²) >= 11 is 0. The normalized spacial score (nSPS) is 17.8. The fourth-order valence-electron chi connectivity index (χ4n) is 6.61. The highest BCUT2D eigenvalue weighted by Gasteiger charge is 2.25. The van der Waals surface area contributed by atoms with Crippen LogP contribution in [0.2, 0.25) is 0 Å². The molecule has 1 aromatic carbocycles. The average molecular weight is 599 g/mol.